The van der Waals surface area contributed by atoms with Crippen molar-refractivity contribution in [3.05, 3.63) is 41.7 Å². The molecule has 140 valence electrons. The largest absolute Gasteiger partial charge is 0.347 e. The average molecular weight is 359 g/mol. The van der Waals surface area contributed by atoms with E-state index in [4.69, 9.17) is 0 Å². The molecule has 3 heterocycles. The highest BCUT2D eigenvalue weighted by Gasteiger charge is 2.41. The predicted molar refractivity (Wildman–Crippen MR) is 98.8 cm³/mol. The molecule has 3 aliphatic heterocycles. The van der Waals surface area contributed by atoms with Crippen molar-refractivity contribution in [1.82, 2.24) is 14.7 Å². The van der Waals surface area contributed by atoms with Crippen LogP contribution < -0.4 is 0 Å². The van der Waals surface area contributed by atoms with Gasteiger partial charge in [-0.25, -0.2) is 4.39 Å². The molecule has 1 aromatic carbocycles. The molecule has 2 bridgehead atoms. The van der Waals surface area contributed by atoms with Crippen molar-refractivity contribution in [3.63, 3.8) is 0 Å². The smallest absolute Gasteiger partial charge is 0.241 e. The van der Waals surface area contributed by atoms with Crippen LogP contribution in [0.5, 0.6) is 0 Å². The van der Waals surface area contributed by atoms with Gasteiger partial charge in [0.15, 0.2) is 0 Å². The van der Waals surface area contributed by atoms with Crippen LogP contribution in [0.15, 0.2) is 30.3 Å². The van der Waals surface area contributed by atoms with Gasteiger partial charge >= 0.3 is 0 Å². The maximum absolute atomic E-state index is 13.0. The SMILES string of the molecule is CN(C)C(=O)CN1C(=O)[C@H]2CC[C@@H]1CN(C/C=C/c1ccc(F)cc1)C2. The third-order valence-corrected chi connectivity index (χ3v) is 5.22. The van der Waals surface area contributed by atoms with Gasteiger partial charge < -0.3 is 9.80 Å². The van der Waals surface area contributed by atoms with Gasteiger partial charge in [0, 0.05) is 39.8 Å². The van der Waals surface area contributed by atoms with Crippen LogP contribution in [0.4, 0.5) is 4.39 Å². The Morgan fingerprint density at radius 3 is 2.65 bits per heavy atom. The van der Waals surface area contributed by atoms with Crippen molar-refractivity contribution in [1.29, 1.82) is 0 Å². The summed E-state index contributed by atoms with van der Waals surface area (Å²) in [5, 5.41) is 0. The third kappa shape index (κ3) is 4.30. The zero-order chi connectivity index (χ0) is 18.7. The molecule has 0 spiro atoms. The molecular formula is C20H26FN3O2. The molecule has 3 fully saturated rings. The predicted octanol–water partition coefficient (Wildman–Crippen LogP) is 1.85. The van der Waals surface area contributed by atoms with Gasteiger partial charge in [0.05, 0.1) is 5.92 Å². The third-order valence-electron chi connectivity index (χ3n) is 5.22. The minimum absolute atomic E-state index is 0.0251. The fraction of sp³-hybridized carbons (Fsp3) is 0.500. The molecule has 4 rings (SSSR count). The number of rotatable bonds is 5. The first kappa shape index (κ1) is 18.6. The first-order valence-corrected chi connectivity index (χ1v) is 9.09. The summed E-state index contributed by atoms with van der Waals surface area (Å²) < 4.78 is 13.0. The molecule has 0 saturated carbocycles. The highest BCUT2D eigenvalue weighted by atomic mass is 19.1. The Kier molecular flexibility index (Phi) is 5.71. The first-order valence-electron chi connectivity index (χ1n) is 9.09. The number of benzene rings is 1. The molecule has 0 N–H and O–H groups in total. The number of hydrogen-bond donors (Lipinski definition) is 0. The van der Waals surface area contributed by atoms with Gasteiger partial charge in [-0.15, -0.1) is 0 Å². The van der Waals surface area contributed by atoms with Crippen molar-refractivity contribution in [3.8, 4) is 0 Å². The van der Waals surface area contributed by atoms with E-state index in [1.165, 1.54) is 17.0 Å². The van der Waals surface area contributed by atoms with Gasteiger partial charge in [0.25, 0.3) is 0 Å². The van der Waals surface area contributed by atoms with Crippen molar-refractivity contribution >= 4 is 17.9 Å². The zero-order valence-corrected chi connectivity index (χ0v) is 15.4. The summed E-state index contributed by atoms with van der Waals surface area (Å²) in [5.74, 6) is -0.185. The van der Waals surface area contributed by atoms with E-state index in [1.807, 2.05) is 6.08 Å². The molecule has 2 amide bonds. The maximum Gasteiger partial charge on any atom is 0.241 e. The van der Waals surface area contributed by atoms with Crippen LogP contribution in [0.3, 0.4) is 0 Å². The summed E-state index contributed by atoms with van der Waals surface area (Å²) in [7, 11) is 3.44. The molecule has 5 nitrogen and oxygen atoms in total. The molecule has 3 aliphatic rings. The molecule has 0 unspecified atom stereocenters. The number of carbonyl (C=O) groups excluding carboxylic acids is 2. The van der Waals surface area contributed by atoms with E-state index in [0.29, 0.717) is 0 Å². The number of nitrogens with zero attached hydrogens (tertiary/aromatic N) is 3. The van der Waals surface area contributed by atoms with Gasteiger partial charge in [-0.3, -0.25) is 14.5 Å². The van der Waals surface area contributed by atoms with Crippen molar-refractivity contribution < 1.29 is 14.0 Å². The Balaban J connectivity index is 1.62. The lowest BCUT2D eigenvalue weighted by Crippen LogP contribution is -2.51. The summed E-state index contributed by atoms with van der Waals surface area (Å²) in [6.45, 7) is 2.44. The standard InChI is InChI=1S/C20H26FN3O2/c1-22(2)19(25)14-24-18-10-7-16(20(24)26)12-23(13-18)11-3-4-15-5-8-17(21)9-6-15/h3-6,8-9,16,18H,7,10-14H2,1-2H3/b4-3+/t16-,18+/m0/s1. The molecular weight excluding hydrogens is 333 g/mol. The van der Waals surface area contributed by atoms with Crippen LogP contribution in [0.1, 0.15) is 18.4 Å². The lowest BCUT2D eigenvalue weighted by Gasteiger charge is -2.36. The molecule has 6 heteroatoms. The molecule has 2 atom stereocenters. The first-order chi connectivity index (χ1) is 12.4. The number of carbonyl (C=O) groups is 2. The van der Waals surface area contributed by atoms with Gasteiger partial charge in [-0.1, -0.05) is 24.3 Å². The number of likely N-dealkylation sites (N-methyl/N-ethyl adjacent to an activating group) is 1. The van der Waals surface area contributed by atoms with Gasteiger partial charge in [-0.2, -0.15) is 0 Å². The van der Waals surface area contributed by atoms with Crippen LogP contribution in [0.25, 0.3) is 6.08 Å². The number of hydrogen-bond acceptors (Lipinski definition) is 3. The van der Waals surface area contributed by atoms with E-state index < -0.39 is 0 Å². The highest BCUT2D eigenvalue weighted by molar-refractivity contribution is 5.86. The molecule has 3 saturated heterocycles. The van der Waals surface area contributed by atoms with E-state index in [0.717, 1.165) is 38.0 Å². The highest BCUT2D eigenvalue weighted by Crippen LogP contribution is 2.29. The summed E-state index contributed by atoms with van der Waals surface area (Å²) in [6, 6.07) is 6.49. The number of halogens is 1. The van der Waals surface area contributed by atoms with E-state index in [2.05, 4.69) is 11.0 Å². The Morgan fingerprint density at radius 1 is 1.23 bits per heavy atom. The quantitative estimate of drug-likeness (QED) is 0.806. The van der Waals surface area contributed by atoms with Crippen LogP contribution in [0.2, 0.25) is 0 Å². The monoisotopic (exact) mass is 359 g/mol. The second-order valence-corrected chi connectivity index (χ2v) is 7.35. The fourth-order valence-corrected chi connectivity index (χ4v) is 3.69. The van der Waals surface area contributed by atoms with Crippen LogP contribution in [-0.4, -0.2) is 72.8 Å². The van der Waals surface area contributed by atoms with Gasteiger partial charge in [0.2, 0.25) is 11.8 Å². The summed E-state index contributed by atoms with van der Waals surface area (Å²) in [6.07, 6.45) is 5.88. The molecule has 0 radical (unpaired) electrons. The van der Waals surface area contributed by atoms with Crippen molar-refractivity contribution in [2.24, 2.45) is 5.92 Å². The lowest BCUT2D eigenvalue weighted by molar-refractivity contribution is -0.145. The maximum atomic E-state index is 13.0. The topological polar surface area (TPSA) is 43.9 Å². The zero-order valence-electron chi connectivity index (χ0n) is 15.4. The van der Waals surface area contributed by atoms with Crippen LogP contribution >= 0.6 is 0 Å². The van der Waals surface area contributed by atoms with E-state index in [-0.39, 0.29) is 36.1 Å². The fourth-order valence-electron chi connectivity index (χ4n) is 3.69. The lowest BCUT2D eigenvalue weighted by atomic mass is 9.94. The minimum Gasteiger partial charge on any atom is -0.347 e. The Labute approximate surface area is 154 Å². The molecule has 0 aliphatic carbocycles. The minimum atomic E-state index is -0.239. The molecule has 0 aromatic heterocycles. The van der Waals surface area contributed by atoms with Gasteiger partial charge in [0.1, 0.15) is 12.4 Å². The van der Waals surface area contributed by atoms with Crippen LogP contribution in [0, 0.1) is 11.7 Å². The number of fused-ring (bicyclic) bond motifs is 4. The Bertz CT molecular complexity index is 687. The van der Waals surface area contributed by atoms with E-state index in [1.54, 1.807) is 31.1 Å². The number of piperidine rings is 1. The van der Waals surface area contributed by atoms with Crippen molar-refractivity contribution in [2.75, 3.05) is 40.3 Å². The van der Waals surface area contributed by atoms with Crippen LogP contribution in [-0.2, 0) is 9.59 Å². The normalized spacial score (nSPS) is 23.5. The number of amides is 2. The van der Waals surface area contributed by atoms with E-state index in [9.17, 15) is 14.0 Å². The summed E-state index contributed by atoms with van der Waals surface area (Å²) in [5.41, 5.74) is 0.957. The second kappa shape index (κ2) is 7.99. The summed E-state index contributed by atoms with van der Waals surface area (Å²) >= 11 is 0. The Hall–Kier alpha value is -2.21. The van der Waals surface area contributed by atoms with Gasteiger partial charge in [-0.05, 0) is 30.5 Å². The second-order valence-electron chi connectivity index (χ2n) is 7.35. The summed E-state index contributed by atoms with van der Waals surface area (Å²) in [4.78, 5) is 30.4. The Morgan fingerprint density at radius 2 is 1.96 bits per heavy atom. The molecule has 1 aromatic rings. The van der Waals surface area contributed by atoms with Crippen molar-refractivity contribution in [2.45, 2.75) is 18.9 Å². The van der Waals surface area contributed by atoms with E-state index >= 15 is 0 Å². The molecule has 26 heavy (non-hydrogen) atoms. The average Bonchev–Trinajstić information content (AvgIpc) is 2.88.